The lowest BCUT2D eigenvalue weighted by atomic mass is 9.52. The zero-order valence-corrected chi connectivity index (χ0v) is 23.0. The number of hydrogen-bond acceptors (Lipinski definition) is 9. The summed E-state index contributed by atoms with van der Waals surface area (Å²) in [6, 6.07) is 0. The molecule has 2 aliphatic carbocycles. The maximum atomic E-state index is 12.0. The van der Waals surface area contributed by atoms with Gasteiger partial charge < -0.3 is 28.8 Å². The van der Waals surface area contributed by atoms with Gasteiger partial charge in [0.2, 0.25) is 0 Å². The largest absolute Gasteiger partial charge is 0.456 e. The average Bonchev–Trinajstić information content (AvgIpc) is 2.71. The number of carbonyl (C=O) groups is 3. The fourth-order valence-corrected chi connectivity index (χ4v) is 6.79. The molecule has 2 saturated carbocycles. The second-order valence-electron chi connectivity index (χ2n) is 12.0. The van der Waals surface area contributed by atoms with Crippen LogP contribution in [0.25, 0.3) is 0 Å². The van der Waals surface area contributed by atoms with Gasteiger partial charge in [-0.05, 0) is 77.0 Å². The number of ether oxygens (including phenoxy) is 5. The monoisotopic (exact) mass is 512 g/mol. The normalized spacial score (nSPS) is 41.1. The number of esters is 3. The number of fused-ring (bicyclic) bond motifs is 1. The molecule has 3 fully saturated rings. The Morgan fingerprint density at radius 3 is 2.03 bits per heavy atom. The van der Waals surface area contributed by atoms with Crippen molar-refractivity contribution < 1.29 is 43.2 Å². The van der Waals surface area contributed by atoms with Crippen LogP contribution in [0.5, 0.6) is 0 Å². The Labute approximate surface area is 214 Å². The summed E-state index contributed by atoms with van der Waals surface area (Å²) in [5.74, 6) is -1.51. The van der Waals surface area contributed by atoms with Crippen molar-refractivity contribution >= 4 is 17.9 Å². The van der Waals surface area contributed by atoms with Crippen LogP contribution in [0, 0.1) is 17.3 Å². The van der Waals surface area contributed by atoms with Gasteiger partial charge in [0.25, 0.3) is 0 Å². The molecule has 9 nitrogen and oxygen atoms in total. The second kappa shape index (κ2) is 10.6. The molecule has 0 unspecified atom stereocenters. The minimum absolute atomic E-state index is 0.0993. The van der Waals surface area contributed by atoms with Crippen LogP contribution in [0.15, 0.2) is 0 Å². The summed E-state index contributed by atoms with van der Waals surface area (Å²) in [6.45, 7) is 13.6. The first-order valence-corrected chi connectivity index (χ1v) is 13.1. The van der Waals surface area contributed by atoms with E-state index in [0.29, 0.717) is 0 Å². The quantitative estimate of drug-likeness (QED) is 0.420. The zero-order chi connectivity index (χ0) is 27.1. The van der Waals surface area contributed by atoms with Crippen LogP contribution in [-0.4, -0.2) is 64.9 Å². The highest BCUT2D eigenvalue weighted by Crippen LogP contribution is 2.57. The van der Waals surface area contributed by atoms with Gasteiger partial charge in [0, 0.05) is 20.8 Å². The van der Waals surface area contributed by atoms with E-state index >= 15 is 0 Å². The summed E-state index contributed by atoms with van der Waals surface area (Å²) in [7, 11) is 0. The Bertz CT molecular complexity index is 837. The van der Waals surface area contributed by atoms with E-state index in [-0.39, 0.29) is 17.3 Å². The fourth-order valence-electron chi connectivity index (χ4n) is 6.79. The Kier molecular flexibility index (Phi) is 8.48. The van der Waals surface area contributed by atoms with Gasteiger partial charge in [0.15, 0.2) is 24.6 Å². The first-order chi connectivity index (χ1) is 16.6. The molecular formula is C27H44O9. The fraction of sp³-hybridized carbons (Fsp3) is 0.889. The van der Waals surface area contributed by atoms with E-state index in [1.54, 1.807) is 6.92 Å². The maximum Gasteiger partial charge on any atom is 0.303 e. The topological polar surface area (TPSA) is 118 Å². The van der Waals surface area contributed by atoms with Crippen molar-refractivity contribution in [1.29, 1.82) is 0 Å². The van der Waals surface area contributed by atoms with Gasteiger partial charge in [-0.2, -0.15) is 0 Å². The molecule has 0 aromatic rings. The number of hydrogen-bond donors (Lipinski definition) is 1. The highest BCUT2D eigenvalue weighted by atomic mass is 16.7. The Morgan fingerprint density at radius 2 is 1.44 bits per heavy atom. The molecule has 3 aliphatic rings. The van der Waals surface area contributed by atoms with Gasteiger partial charge in [-0.3, -0.25) is 14.4 Å². The molecule has 0 bridgehead atoms. The van der Waals surface area contributed by atoms with Crippen LogP contribution in [0.3, 0.4) is 0 Å². The number of rotatable bonds is 6. The molecule has 0 aromatic carbocycles. The SMILES string of the molecule is CC(=O)O[C@@H]1[C@@H](OC(C)=O)[C@H](C)O[C@@H](OC(C)(C)[C@@H]2CC[C@@]3(C)CCC[C@@](C)(O)[C@@H]3C2)[C@@H]1OC(C)=O. The first kappa shape index (κ1) is 28.9. The molecule has 0 aromatic heterocycles. The van der Waals surface area contributed by atoms with Crippen LogP contribution < -0.4 is 0 Å². The minimum Gasteiger partial charge on any atom is -0.456 e. The van der Waals surface area contributed by atoms with Crippen molar-refractivity contribution in [2.75, 3.05) is 0 Å². The molecule has 1 aliphatic heterocycles. The molecule has 1 N–H and O–H groups in total. The van der Waals surface area contributed by atoms with Crippen molar-refractivity contribution in [2.45, 2.75) is 136 Å². The van der Waals surface area contributed by atoms with Gasteiger partial charge in [0.1, 0.15) is 0 Å². The van der Waals surface area contributed by atoms with Crippen molar-refractivity contribution in [3.05, 3.63) is 0 Å². The summed E-state index contributed by atoms with van der Waals surface area (Å²) in [4.78, 5) is 35.7. The molecule has 1 heterocycles. The molecule has 0 amide bonds. The van der Waals surface area contributed by atoms with E-state index in [1.165, 1.54) is 20.8 Å². The summed E-state index contributed by atoms with van der Waals surface area (Å²) in [5.41, 5.74) is -1.33. The van der Waals surface area contributed by atoms with Gasteiger partial charge in [-0.15, -0.1) is 0 Å². The van der Waals surface area contributed by atoms with E-state index in [9.17, 15) is 19.5 Å². The Balaban J connectivity index is 1.85. The third-order valence-electron chi connectivity index (χ3n) is 8.64. The van der Waals surface area contributed by atoms with Gasteiger partial charge in [-0.1, -0.05) is 13.3 Å². The minimum atomic E-state index is -1.13. The van der Waals surface area contributed by atoms with Gasteiger partial charge in [0.05, 0.1) is 17.3 Å². The highest BCUT2D eigenvalue weighted by Gasteiger charge is 2.56. The first-order valence-electron chi connectivity index (χ1n) is 13.1. The number of carbonyl (C=O) groups excluding carboxylic acids is 3. The van der Waals surface area contributed by atoms with E-state index in [2.05, 4.69) is 6.92 Å². The standard InChI is InChI=1S/C27H44O9/c1-15-21(33-16(2)28)22(34-17(3)29)23(35-18(4)30)24(32-15)36-25(5,6)19-10-13-26(7)11-9-12-27(8,31)20(26)14-19/h15,19-24,31H,9-14H2,1-8H3/t15-,19+,20+,21-,22+,23+,24-,26+,27+/m0/s1. The molecule has 206 valence electrons. The average molecular weight is 513 g/mol. The molecule has 36 heavy (non-hydrogen) atoms. The van der Waals surface area contributed by atoms with Crippen LogP contribution in [-0.2, 0) is 38.1 Å². The van der Waals surface area contributed by atoms with Crippen molar-refractivity contribution in [1.82, 2.24) is 0 Å². The Hall–Kier alpha value is -1.71. The molecule has 3 rings (SSSR count). The van der Waals surface area contributed by atoms with Crippen molar-refractivity contribution in [3.8, 4) is 0 Å². The molecule has 9 atom stereocenters. The summed E-state index contributed by atoms with van der Waals surface area (Å²) >= 11 is 0. The Morgan fingerprint density at radius 1 is 0.889 bits per heavy atom. The maximum absolute atomic E-state index is 12.0. The molecule has 1 saturated heterocycles. The lowest BCUT2D eigenvalue weighted by Gasteiger charge is -2.56. The van der Waals surface area contributed by atoms with Crippen molar-refractivity contribution in [3.63, 3.8) is 0 Å². The smallest absolute Gasteiger partial charge is 0.303 e. The number of aliphatic hydroxyl groups is 1. The van der Waals surface area contributed by atoms with Gasteiger partial charge >= 0.3 is 17.9 Å². The van der Waals surface area contributed by atoms with Crippen LogP contribution in [0.1, 0.15) is 93.9 Å². The lowest BCUT2D eigenvalue weighted by Crippen LogP contribution is -2.63. The van der Waals surface area contributed by atoms with Crippen molar-refractivity contribution in [2.24, 2.45) is 17.3 Å². The zero-order valence-electron chi connectivity index (χ0n) is 23.0. The second-order valence-corrected chi connectivity index (χ2v) is 12.0. The van der Waals surface area contributed by atoms with Crippen LogP contribution in [0.4, 0.5) is 0 Å². The predicted molar refractivity (Wildman–Crippen MR) is 130 cm³/mol. The van der Waals surface area contributed by atoms with Crippen LogP contribution >= 0.6 is 0 Å². The predicted octanol–water partition coefficient (Wildman–Crippen LogP) is 3.68. The van der Waals surface area contributed by atoms with E-state index in [4.69, 9.17) is 23.7 Å². The summed E-state index contributed by atoms with van der Waals surface area (Å²) < 4.78 is 29.1. The molecular weight excluding hydrogens is 468 g/mol. The summed E-state index contributed by atoms with van der Waals surface area (Å²) in [6.07, 6.45) is 0.754. The van der Waals surface area contributed by atoms with E-state index in [1.807, 2.05) is 20.8 Å². The lowest BCUT2D eigenvalue weighted by molar-refractivity contribution is -0.328. The van der Waals surface area contributed by atoms with E-state index in [0.717, 1.165) is 38.5 Å². The van der Waals surface area contributed by atoms with E-state index < -0.39 is 59.8 Å². The van der Waals surface area contributed by atoms with Gasteiger partial charge in [-0.25, -0.2) is 0 Å². The summed E-state index contributed by atoms with van der Waals surface area (Å²) in [5, 5.41) is 11.2. The van der Waals surface area contributed by atoms with Crippen LogP contribution in [0.2, 0.25) is 0 Å². The highest BCUT2D eigenvalue weighted by molar-refractivity contribution is 5.68. The molecule has 9 heteroatoms. The molecule has 0 spiro atoms. The molecule has 0 radical (unpaired) electrons. The third-order valence-corrected chi connectivity index (χ3v) is 8.64. The third kappa shape index (κ3) is 6.22.